The lowest BCUT2D eigenvalue weighted by Gasteiger charge is -2.34. The molecule has 1 fully saturated rings. The minimum absolute atomic E-state index is 0.224. The average molecular weight is 792 g/mol. The van der Waals surface area contributed by atoms with Gasteiger partial charge in [-0.15, -0.1) is 11.3 Å². The second kappa shape index (κ2) is 18.5. The number of fused-ring (bicyclic) bond motifs is 1. The van der Waals surface area contributed by atoms with Crippen molar-refractivity contribution < 1.29 is 33.2 Å². The molecule has 1 aliphatic heterocycles. The first-order valence-electron chi connectivity index (χ1n) is 19.1. The van der Waals surface area contributed by atoms with E-state index in [2.05, 4.69) is 39.2 Å². The highest BCUT2D eigenvalue weighted by atomic mass is 32.1. The molecule has 13 heteroatoms. The van der Waals surface area contributed by atoms with E-state index < -0.39 is 0 Å². The van der Waals surface area contributed by atoms with Crippen molar-refractivity contribution in [3.8, 4) is 67.6 Å². The second-order valence-corrected chi connectivity index (χ2v) is 14.8. The molecule has 0 spiro atoms. The number of benzene rings is 4. The third kappa shape index (κ3) is 9.33. The van der Waals surface area contributed by atoms with E-state index in [1.807, 2.05) is 60.7 Å². The first-order valence-corrected chi connectivity index (χ1v) is 19.9. The van der Waals surface area contributed by atoms with E-state index in [-0.39, 0.29) is 5.91 Å². The third-order valence-electron chi connectivity index (χ3n) is 10.1. The van der Waals surface area contributed by atoms with Gasteiger partial charge in [-0.25, -0.2) is 4.98 Å². The molecule has 0 unspecified atom stereocenters. The zero-order valence-corrected chi connectivity index (χ0v) is 34.0. The van der Waals surface area contributed by atoms with E-state index in [4.69, 9.17) is 33.4 Å². The summed E-state index contributed by atoms with van der Waals surface area (Å²) in [5.74, 6) is 3.36. The quantitative estimate of drug-likeness (QED) is 0.0838. The van der Waals surface area contributed by atoms with Crippen LogP contribution in [0.4, 0.5) is 0 Å². The molecule has 2 aromatic heterocycles. The van der Waals surface area contributed by atoms with Gasteiger partial charge < -0.3 is 38.2 Å². The number of carbonyl (C=O) groups excluding carboxylic acids is 1. The van der Waals surface area contributed by atoms with Gasteiger partial charge in [0.05, 0.1) is 63.3 Å². The second-order valence-electron chi connectivity index (χ2n) is 13.7. The Hall–Kier alpha value is -5.63. The zero-order chi connectivity index (χ0) is 39.7. The maximum Gasteiger partial charge on any atom is 0.244 e. The van der Waals surface area contributed by atoms with Crippen molar-refractivity contribution >= 4 is 27.5 Å². The van der Waals surface area contributed by atoms with Crippen LogP contribution < -0.4 is 28.4 Å². The Labute approximate surface area is 337 Å². The first-order chi connectivity index (χ1) is 27.9. The van der Waals surface area contributed by atoms with Crippen LogP contribution in [0.2, 0.25) is 0 Å². The van der Waals surface area contributed by atoms with Gasteiger partial charge in [-0.05, 0) is 85.6 Å². The Morgan fingerprint density at radius 3 is 1.89 bits per heavy atom. The molecule has 0 radical (unpaired) electrons. The minimum atomic E-state index is -0.224. The molecule has 0 atom stereocenters. The summed E-state index contributed by atoms with van der Waals surface area (Å²) in [6.07, 6.45) is 1.85. The Morgan fingerprint density at radius 1 is 0.667 bits per heavy atom. The summed E-state index contributed by atoms with van der Waals surface area (Å²) in [4.78, 5) is 22.5. The van der Waals surface area contributed by atoms with Crippen LogP contribution in [-0.2, 0) is 0 Å². The van der Waals surface area contributed by atoms with Gasteiger partial charge in [0.25, 0.3) is 0 Å². The summed E-state index contributed by atoms with van der Waals surface area (Å²) in [6.45, 7) is 8.79. The molecule has 57 heavy (non-hydrogen) atoms. The van der Waals surface area contributed by atoms with Gasteiger partial charge in [0.1, 0.15) is 10.8 Å². The van der Waals surface area contributed by atoms with Gasteiger partial charge in [-0.1, -0.05) is 12.1 Å². The maximum atomic E-state index is 12.8. The topological polar surface area (TPSA) is 110 Å². The van der Waals surface area contributed by atoms with Crippen LogP contribution in [0.3, 0.4) is 0 Å². The van der Waals surface area contributed by atoms with Crippen molar-refractivity contribution in [1.82, 2.24) is 24.6 Å². The van der Waals surface area contributed by atoms with E-state index in [9.17, 15) is 4.79 Å². The zero-order valence-electron chi connectivity index (χ0n) is 33.2. The predicted octanol–water partition coefficient (Wildman–Crippen LogP) is 8.04. The number of hydrogen-bond acceptors (Lipinski definition) is 12. The number of hydrogen-bond donors (Lipinski definition) is 0. The lowest BCUT2D eigenvalue weighted by molar-refractivity contribution is 0.0923. The van der Waals surface area contributed by atoms with Crippen molar-refractivity contribution in [2.75, 3.05) is 80.9 Å². The molecule has 1 saturated heterocycles. The number of methoxy groups -OCH3 is 4. The van der Waals surface area contributed by atoms with Gasteiger partial charge in [-0.3, -0.25) is 4.79 Å². The standard InChI is InChI=1S/C44H49N5O7S/c1-30(50)49-37(29-36(46-49)33-27-40(52-3)43(54-5)41(28-33)53-4)32-14-17-38(51-2)39(26-32)56-25-9-19-48-22-20-47(21-23-48)18-8-24-55-34-15-12-31(13-16-34)44-45-35-10-6-7-11-42(35)57-44/h6-7,10-17,26-29H,8-9,18-25H2,1-5H3. The summed E-state index contributed by atoms with van der Waals surface area (Å²) < 4.78 is 37.1. The fraction of sp³-hybridized carbons (Fsp3) is 0.341. The molecule has 0 bridgehead atoms. The van der Waals surface area contributed by atoms with E-state index in [0.29, 0.717) is 58.9 Å². The number of aromatic nitrogens is 3. The summed E-state index contributed by atoms with van der Waals surface area (Å²) in [6, 6.07) is 27.6. The van der Waals surface area contributed by atoms with E-state index >= 15 is 0 Å². The predicted molar refractivity (Wildman–Crippen MR) is 224 cm³/mol. The summed E-state index contributed by atoms with van der Waals surface area (Å²) in [7, 11) is 6.30. The molecule has 6 aromatic rings. The largest absolute Gasteiger partial charge is 0.494 e. The summed E-state index contributed by atoms with van der Waals surface area (Å²) in [5, 5.41) is 5.67. The molecule has 0 amide bonds. The van der Waals surface area contributed by atoms with Gasteiger partial charge in [0.15, 0.2) is 23.0 Å². The number of carbonyl (C=O) groups is 1. The van der Waals surface area contributed by atoms with E-state index in [1.165, 1.54) is 16.3 Å². The maximum absolute atomic E-state index is 12.8. The van der Waals surface area contributed by atoms with Gasteiger partial charge in [0.2, 0.25) is 11.7 Å². The molecule has 0 aliphatic carbocycles. The minimum Gasteiger partial charge on any atom is -0.494 e. The number of piperazine rings is 1. The molecule has 12 nitrogen and oxygen atoms in total. The van der Waals surface area contributed by atoms with Gasteiger partial charge in [-0.2, -0.15) is 9.78 Å². The van der Waals surface area contributed by atoms with Crippen molar-refractivity contribution in [2.45, 2.75) is 19.8 Å². The SMILES string of the molecule is COc1ccc(-c2cc(-c3cc(OC)c(OC)c(OC)c3)nn2C(C)=O)cc1OCCCN1CCN(CCCOc2ccc(-c3nc4ccccc4s3)cc2)CC1. The fourth-order valence-electron chi connectivity index (χ4n) is 7.02. The van der Waals surface area contributed by atoms with E-state index in [0.717, 1.165) is 79.5 Å². The van der Waals surface area contributed by atoms with E-state index in [1.54, 1.807) is 39.8 Å². The average Bonchev–Trinajstić information content (AvgIpc) is 3.90. The molecule has 0 N–H and O–H groups in total. The monoisotopic (exact) mass is 791 g/mol. The summed E-state index contributed by atoms with van der Waals surface area (Å²) in [5.41, 5.74) is 4.84. The van der Waals surface area contributed by atoms with Crippen molar-refractivity contribution in [3.05, 3.63) is 84.9 Å². The van der Waals surface area contributed by atoms with Gasteiger partial charge in [0, 0.05) is 62.9 Å². The highest BCUT2D eigenvalue weighted by molar-refractivity contribution is 7.21. The summed E-state index contributed by atoms with van der Waals surface area (Å²) >= 11 is 1.71. The Kier molecular flexibility index (Phi) is 12.9. The van der Waals surface area contributed by atoms with Crippen LogP contribution in [0.25, 0.3) is 43.3 Å². The normalized spacial score (nSPS) is 13.4. The highest BCUT2D eigenvalue weighted by Crippen LogP contribution is 2.42. The number of nitrogens with zero attached hydrogens (tertiary/aromatic N) is 5. The van der Waals surface area contributed by atoms with Crippen LogP contribution in [0.5, 0.6) is 34.5 Å². The molecule has 1 aliphatic rings. The van der Waals surface area contributed by atoms with Crippen LogP contribution in [0, 0.1) is 0 Å². The van der Waals surface area contributed by atoms with Crippen molar-refractivity contribution in [2.24, 2.45) is 0 Å². The third-order valence-corrected chi connectivity index (χ3v) is 11.1. The van der Waals surface area contributed by atoms with Crippen molar-refractivity contribution in [3.63, 3.8) is 0 Å². The lowest BCUT2D eigenvalue weighted by Crippen LogP contribution is -2.47. The molecule has 4 aromatic carbocycles. The Balaban J connectivity index is 0.867. The van der Waals surface area contributed by atoms with Crippen molar-refractivity contribution in [1.29, 1.82) is 0 Å². The molecular formula is C44H49N5O7S. The molecule has 7 rings (SSSR count). The molecule has 298 valence electrons. The first kappa shape index (κ1) is 39.6. The number of rotatable bonds is 17. The number of thiazole rings is 1. The fourth-order valence-corrected chi connectivity index (χ4v) is 7.99. The Bertz CT molecular complexity index is 2220. The van der Waals surface area contributed by atoms with Crippen LogP contribution in [-0.4, -0.2) is 111 Å². The van der Waals surface area contributed by atoms with Crippen LogP contribution >= 0.6 is 11.3 Å². The van der Waals surface area contributed by atoms with Crippen LogP contribution in [0.1, 0.15) is 24.6 Å². The Morgan fingerprint density at radius 2 is 1.28 bits per heavy atom. The smallest absolute Gasteiger partial charge is 0.244 e. The van der Waals surface area contributed by atoms with Gasteiger partial charge >= 0.3 is 0 Å². The van der Waals surface area contributed by atoms with Crippen LogP contribution in [0.15, 0.2) is 84.9 Å². The molecular weight excluding hydrogens is 743 g/mol. The molecule has 3 heterocycles. The number of ether oxygens (including phenoxy) is 6. The highest BCUT2D eigenvalue weighted by Gasteiger charge is 2.21. The molecule has 0 saturated carbocycles. The number of para-hydroxylation sites is 1. The lowest BCUT2D eigenvalue weighted by atomic mass is 10.1.